The number of aryl methyl sites for hydroxylation is 1. The van der Waals surface area contributed by atoms with Gasteiger partial charge < -0.3 is 26.4 Å². The first-order valence-corrected chi connectivity index (χ1v) is 7.60. The fourth-order valence-electron chi connectivity index (χ4n) is 1.62. The summed E-state index contributed by atoms with van der Waals surface area (Å²) in [6.07, 6.45) is 1.02. The molecule has 0 aliphatic carbocycles. The highest BCUT2D eigenvalue weighted by Gasteiger charge is 2.04. The van der Waals surface area contributed by atoms with Gasteiger partial charge in [-0.2, -0.15) is 0 Å². The molecule has 6 N–H and O–H groups in total. The number of carboxylic acids is 2. The van der Waals surface area contributed by atoms with Gasteiger partial charge in [0.05, 0.1) is 12.3 Å². The summed E-state index contributed by atoms with van der Waals surface area (Å²) in [5.74, 6) is -2.88. The summed E-state index contributed by atoms with van der Waals surface area (Å²) in [5, 5.41) is 14.8. The number of anilines is 2. The first kappa shape index (κ1) is 21.8. The molecule has 0 fully saturated rings. The van der Waals surface area contributed by atoms with E-state index in [1.165, 1.54) is 5.56 Å². The number of benzene rings is 2. The van der Waals surface area contributed by atoms with Crippen molar-refractivity contribution < 1.29 is 24.5 Å². The lowest BCUT2D eigenvalue weighted by atomic mass is 10.1. The predicted molar refractivity (Wildman–Crippen MR) is 97.5 cm³/mol. The lowest BCUT2D eigenvalue weighted by molar-refractivity contribution is -0.159. The maximum atomic E-state index is 9.10. The van der Waals surface area contributed by atoms with Crippen LogP contribution in [0, 0.1) is 0 Å². The van der Waals surface area contributed by atoms with E-state index in [1.807, 2.05) is 49.4 Å². The largest absolute Gasteiger partial charge is 0.492 e. The molecule has 7 nitrogen and oxygen atoms in total. The van der Waals surface area contributed by atoms with E-state index in [9.17, 15) is 0 Å². The highest BCUT2D eigenvalue weighted by molar-refractivity contribution is 6.27. The summed E-state index contributed by atoms with van der Waals surface area (Å²) in [6.45, 7) is 4.70. The average Bonchev–Trinajstić information content (AvgIpc) is 2.59. The van der Waals surface area contributed by atoms with Crippen LogP contribution in [0.15, 0.2) is 48.5 Å². The molecule has 2 aromatic rings. The van der Waals surface area contributed by atoms with Gasteiger partial charge in [-0.25, -0.2) is 9.59 Å². The summed E-state index contributed by atoms with van der Waals surface area (Å²) < 4.78 is 5.21. The van der Waals surface area contributed by atoms with Gasteiger partial charge in [0.15, 0.2) is 0 Å². The Bertz CT molecular complexity index is 662. The standard InChI is InChI=1S/C8H11NO.C8H11N.C2H2O4/c1-2-10-8-6-4-3-5-7(8)9;1-2-7-5-3-4-6-8(7)9;3-1(4)2(5)6/h3-6H,2,9H2,1H3;3-6H,2,9H2,1H3;(H,3,4)(H,5,6). The van der Waals surface area contributed by atoms with Crippen molar-refractivity contribution in [2.24, 2.45) is 0 Å². The molecule has 0 radical (unpaired) electrons. The minimum absolute atomic E-state index is 0.661. The Morgan fingerprint density at radius 1 is 0.880 bits per heavy atom. The molecule has 0 aliphatic rings. The Labute approximate surface area is 146 Å². The normalized spacial score (nSPS) is 8.88. The maximum absolute atomic E-state index is 9.10. The third-order valence-corrected chi connectivity index (χ3v) is 2.84. The second-order valence-electron chi connectivity index (χ2n) is 4.63. The van der Waals surface area contributed by atoms with Gasteiger partial charge in [-0.05, 0) is 37.1 Å². The Morgan fingerprint density at radius 2 is 1.36 bits per heavy atom. The summed E-state index contributed by atoms with van der Waals surface area (Å²) >= 11 is 0. The minimum atomic E-state index is -1.82. The Kier molecular flexibility index (Phi) is 10.7. The molecule has 0 amide bonds. The van der Waals surface area contributed by atoms with Crippen molar-refractivity contribution in [3.05, 3.63) is 54.1 Å². The number of nitrogens with two attached hydrogens (primary N) is 2. The van der Waals surface area contributed by atoms with E-state index in [0.29, 0.717) is 12.3 Å². The molecule has 25 heavy (non-hydrogen) atoms. The van der Waals surface area contributed by atoms with Crippen LogP contribution in [0.25, 0.3) is 0 Å². The summed E-state index contributed by atoms with van der Waals surface area (Å²) in [7, 11) is 0. The van der Waals surface area contributed by atoms with Crippen LogP contribution in [-0.4, -0.2) is 28.8 Å². The lowest BCUT2D eigenvalue weighted by Crippen LogP contribution is -2.09. The van der Waals surface area contributed by atoms with Crippen LogP contribution in [0.4, 0.5) is 11.4 Å². The van der Waals surface area contributed by atoms with E-state index in [0.717, 1.165) is 17.9 Å². The fraction of sp³-hybridized carbons (Fsp3) is 0.222. The van der Waals surface area contributed by atoms with Gasteiger partial charge in [0, 0.05) is 5.69 Å². The fourth-order valence-corrected chi connectivity index (χ4v) is 1.62. The Balaban J connectivity index is 0.000000358. The summed E-state index contributed by atoms with van der Waals surface area (Å²) in [4.78, 5) is 18.2. The molecule has 0 atom stereocenters. The zero-order chi connectivity index (χ0) is 19.2. The van der Waals surface area contributed by atoms with Crippen LogP contribution in [-0.2, 0) is 16.0 Å². The van der Waals surface area contributed by atoms with Crippen molar-refractivity contribution in [3.8, 4) is 5.75 Å². The molecule has 0 bridgehead atoms. The molecule has 0 spiro atoms. The van der Waals surface area contributed by atoms with Crippen molar-refractivity contribution >= 4 is 23.3 Å². The quantitative estimate of drug-likeness (QED) is 0.494. The van der Waals surface area contributed by atoms with E-state index in [1.54, 1.807) is 0 Å². The zero-order valence-electron chi connectivity index (χ0n) is 14.3. The van der Waals surface area contributed by atoms with Crippen LogP contribution in [0.3, 0.4) is 0 Å². The molecular weight excluding hydrogens is 324 g/mol. The first-order chi connectivity index (χ1) is 11.8. The van der Waals surface area contributed by atoms with Crippen LogP contribution in [0.1, 0.15) is 19.4 Å². The van der Waals surface area contributed by atoms with Gasteiger partial charge in [-0.1, -0.05) is 37.3 Å². The van der Waals surface area contributed by atoms with Crippen LogP contribution in [0.2, 0.25) is 0 Å². The lowest BCUT2D eigenvalue weighted by Gasteiger charge is -2.04. The number of ether oxygens (including phenoxy) is 1. The van der Waals surface area contributed by atoms with Crippen molar-refractivity contribution in [1.82, 2.24) is 0 Å². The van der Waals surface area contributed by atoms with E-state index in [4.69, 9.17) is 36.0 Å². The number of hydrogen-bond acceptors (Lipinski definition) is 5. The smallest absolute Gasteiger partial charge is 0.414 e. The molecule has 0 saturated carbocycles. The van der Waals surface area contributed by atoms with Gasteiger partial charge in [-0.3, -0.25) is 0 Å². The van der Waals surface area contributed by atoms with Gasteiger partial charge >= 0.3 is 11.9 Å². The number of nitrogen functional groups attached to an aromatic ring is 2. The van der Waals surface area contributed by atoms with Gasteiger partial charge in [-0.15, -0.1) is 0 Å². The van der Waals surface area contributed by atoms with Gasteiger partial charge in [0.1, 0.15) is 5.75 Å². The molecule has 0 aliphatic heterocycles. The third kappa shape index (κ3) is 9.50. The summed E-state index contributed by atoms with van der Waals surface area (Å²) in [6, 6.07) is 15.4. The van der Waals surface area contributed by atoms with E-state index < -0.39 is 11.9 Å². The van der Waals surface area contributed by atoms with E-state index >= 15 is 0 Å². The van der Waals surface area contributed by atoms with Crippen LogP contribution >= 0.6 is 0 Å². The van der Waals surface area contributed by atoms with Crippen LogP contribution < -0.4 is 16.2 Å². The number of rotatable bonds is 3. The molecule has 7 heteroatoms. The average molecular weight is 348 g/mol. The number of carboxylic acid groups (broad SMARTS) is 2. The molecule has 2 aromatic carbocycles. The van der Waals surface area contributed by atoms with E-state index in [2.05, 4.69) is 13.0 Å². The number of hydrogen-bond donors (Lipinski definition) is 4. The molecular formula is C18H24N2O5. The maximum Gasteiger partial charge on any atom is 0.414 e. The number of aliphatic carboxylic acids is 2. The minimum Gasteiger partial charge on any atom is -0.492 e. The highest BCUT2D eigenvalue weighted by Crippen LogP contribution is 2.19. The van der Waals surface area contributed by atoms with Crippen LogP contribution in [0.5, 0.6) is 5.75 Å². The molecule has 0 saturated heterocycles. The molecule has 0 heterocycles. The van der Waals surface area contributed by atoms with Gasteiger partial charge in [0.25, 0.3) is 0 Å². The SMILES string of the molecule is CCOc1ccccc1N.CCc1ccccc1N.O=C(O)C(=O)O. The summed E-state index contributed by atoms with van der Waals surface area (Å²) in [5.41, 5.74) is 14.0. The first-order valence-electron chi connectivity index (χ1n) is 7.60. The highest BCUT2D eigenvalue weighted by atomic mass is 16.5. The monoisotopic (exact) mass is 348 g/mol. The number of para-hydroxylation sites is 3. The Hall–Kier alpha value is -3.22. The van der Waals surface area contributed by atoms with Crippen molar-refractivity contribution in [3.63, 3.8) is 0 Å². The topological polar surface area (TPSA) is 136 Å². The predicted octanol–water partition coefficient (Wildman–Crippen LogP) is 2.65. The molecule has 0 aromatic heterocycles. The van der Waals surface area contributed by atoms with Gasteiger partial charge in [0.2, 0.25) is 0 Å². The van der Waals surface area contributed by atoms with Crippen molar-refractivity contribution in [1.29, 1.82) is 0 Å². The second kappa shape index (κ2) is 12.2. The van der Waals surface area contributed by atoms with Crippen molar-refractivity contribution in [2.75, 3.05) is 18.1 Å². The third-order valence-electron chi connectivity index (χ3n) is 2.84. The molecule has 136 valence electrons. The molecule has 2 rings (SSSR count). The second-order valence-corrected chi connectivity index (χ2v) is 4.63. The van der Waals surface area contributed by atoms with E-state index in [-0.39, 0.29) is 0 Å². The zero-order valence-corrected chi connectivity index (χ0v) is 14.3. The number of carbonyl (C=O) groups is 2. The Morgan fingerprint density at radius 3 is 1.72 bits per heavy atom. The van der Waals surface area contributed by atoms with Crippen molar-refractivity contribution in [2.45, 2.75) is 20.3 Å². The molecule has 0 unspecified atom stereocenters.